The Morgan fingerprint density at radius 1 is 1.38 bits per heavy atom. The van der Waals surface area contributed by atoms with E-state index in [2.05, 4.69) is 5.32 Å². The van der Waals surface area contributed by atoms with Crippen LogP contribution in [0.3, 0.4) is 0 Å². The number of carboxylic acid groups (broad SMARTS) is 1. The molecule has 3 heterocycles. The van der Waals surface area contributed by atoms with Gasteiger partial charge in [0.15, 0.2) is 6.04 Å². The topological polar surface area (TPSA) is 86.7 Å². The van der Waals surface area contributed by atoms with Crippen LogP contribution in [0, 0.1) is 5.92 Å². The second kappa shape index (κ2) is 5.48. The Balaban J connectivity index is 1.82. The fourth-order valence-corrected chi connectivity index (χ4v) is 3.90. The fraction of sp³-hybridized carbons (Fsp3) is 0.500. The summed E-state index contributed by atoms with van der Waals surface area (Å²) in [7, 11) is 0. The maximum atomic E-state index is 12.6. The number of piperidine rings is 1. The summed E-state index contributed by atoms with van der Waals surface area (Å²) >= 11 is 1.54. The zero-order valence-electron chi connectivity index (χ0n) is 11.4. The van der Waals surface area contributed by atoms with E-state index in [-0.39, 0.29) is 17.7 Å². The van der Waals surface area contributed by atoms with Gasteiger partial charge in [0.1, 0.15) is 0 Å². The zero-order chi connectivity index (χ0) is 15.0. The number of aliphatic carboxylic acids is 1. The molecule has 0 radical (unpaired) electrons. The molecule has 3 rings (SSSR count). The Morgan fingerprint density at radius 3 is 2.86 bits per heavy atom. The Bertz CT molecular complexity index is 588. The third-order valence-electron chi connectivity index (χ3n) is 4.10. The van der Waals surface area contributed by atoms with E-state index < -0.39 is 12.0 Å². The summed E-state index contributed by atoms with van der Waals surface area (Å²) in [6, 6.07) is 0.895. The minimum absolute atomic E-state index is 0.0485. The number of amides is 2. The van der Waals surface area contributed by atoms with E-state index in [0.29, 0.717) is 32.4 Å². The summed E-state index contributed by atoms with van der Waals surface area (Å²) in [5.41, 5.74) is 0.729. The van der Waals surface area contributed by atoms with Crippen LogP contribution < -0.4 is 5.32 Å². The molecule has 2 aliphatic rings. The van der Waals surface area contributed by atoms with E-state index >= 15 is 0 Å². The molecule has 1 saturated heterocycles. The number of fused-ring (bicyclic) bond motifs is 1. The number of carbonyl (C=O) groups excluding carboxylic acids is 2. The van der Waals surface area contributed by atoms with E-state index in [0.717, 1.165) is 10.4 Å². The molecule has 1 aromatic heterocycles. The lowest BCUT2D eigenvalue weighted by Gasteiger charge is -2.36. The Hall–Kier alpha value is -1.89. The normalized spacial score (nSPS) is 25.1. The van der Waals surface area contributed by atoms with Gasteiger partial charge >= 0.3 is 5.97 Å². The van der Waals surface area contributed by atoms with Gasteiger partial charge in [-0.1, -0.05) is 0 Å². The van der Waals surface area contributed by atoms with Crippen molar-refractivity contribution in [3.63, 3.8) is 0 Å². The summed E-state index contributed by atoms with van der Waals surface area (Å²) in [4.78, 5) is 37.9. The molecule has 2 unspecified atom stereocenters. The van der Waals surface area contributed by atoms with Gasteiger partial charge < -0.3 is 15.3 Å². The molecule has 7 heteroatoms. The van der Waals surface area contributed by atoms with Crippen molar-refractivity contribution in [1.82, 2.24) is 10.2 Å². The van der Waals surface area contributed by atoms with Crippen molar-refractivity contribution in [3.05, 3.63) is 21.9 Å². The summed E-state index contributed by atoms with van der Waals surface area (Å²) in [6.07, 6.45) is 1.51. The molecule has 2 aliphatic heterocycles. The summed E-state index contributed by atoms with van der Waals surface area (Å²) < 4.78 is 0. The van der Waals surface area contributed by atoms with Gasteiger partial charge in [-0.2, -0.15) is 0 Å². The largest absolute Gasteiger partial charge is 0.479 e. The summed E-state index contributed by atoms with van der Waals surface area (Å²) in [6.45, 7) is 0.727. The molecule has 6 nitrogen and oxygen atoms in total. The number of carboxylic acids is 1. The lowest BCUT2D eigenvalue weighted by Crippen LogP contribution is -2.49. The average molecular weight is 308 g/mol. The molecule has 0 saturated carbocycles. The molecule has 0 spiro atoms. The van der Waals surface area contributed by atoms with Gasteiger partial charge in [0.2, 0.25) is 11.8 Å². The van der Waals surface area contributed by atoms with Gasteiger partial charge in [-0.15, -0.1) is 11.3 Å². The van der Waals surface area contributed by atoms with Crippen LogP contribution in [0.5, 0.6) is 0 Å². The Morgan fingerprint density at radius 2 is 2.19 bits per heavy atom. The molecule has 1 fully saturated rings. The predicted octanol–water partition coefficient (Wildman–Crippen LogP) is 0.785. The van der Waals surface area contributed by atoms with Crippen LogP contribution in [-0.4, -0.2) is 40.9 Å². The van der Waals surface area contributed by atoms with Gasteiger partial charge in [-0.25, -0.2) is 4.79 Å². The number of hydrogen-bond acceptors (Lipinski definition) is 4. The number of hydrogen-bond donors (Lipinski definition) is 2. The molecule has 0 aliphatic carbocycles. The quantitative estimate of drug-likeness (QED) is 0.845. The SMILES string of the molecule is O=C1CCC(C(=O)N2CCc3sccc3C2C(=O)O)CN1. The van der Waals surface area contributed by atoms with Crippen molar-refractivity contribution in [2.45, 2.75) is 25.3 Å². The highest BCUT2D eigenvalue weighted by Gasteiger charge is 2.39. The maximum absolute atomic E-state index is 12.6. The monoisotopic (exact) mass is 308 g/mol. The molecule has 0 bridgehead atoms. The lowest BCUT2D eigenvalue weighted by atomic mass is 9.93. The first-order chi connectivity index (χ1) is 10.1. The lowest BCUT2D eigenvalue weighted by molar-refractivity contribution is -0.153. The van der Waals surface area contributed by atoms with Crippen molar-refractivity contribution in [2.24, 2.45) is 5.92 Å². The van der Waals surface area contributed by atoms with E-state index in [1.54, 1.807) is 6.07 Å². The van der Waals surface area contributed by atoms with E-state index in [1.165, 1.54) is 16.2 Å². The number of nitrogens with one attached hydrogen (secondary N) is 1. The van der Waals surface area contributed by atoms with Crippen LogP contribution in [0.1, 0.15) is 29.3 Å². The molecule has 2 N–H and O–H groups in total. The highest BCUT2D eigenvalue weighted by atomic mass is 32.1. The first-order valence-electron chi connectivity index (χ1n) is 6.94. The van der Waals surface area contributed by atoms with Crippen molar-refractivity contribution >= 4 is 29.1 Å². The second-order valence-electron chi connectivity index (χ2n) is 5.36. The molecular weight excluding hydrogens is 292 g/mol. The Labute approximate surface area is 125 Å². The molecule has 21 heavy (non-hydrogen) atoms. The van der Waals surface area contributed by atoms with Gasteiger partial charge in [-0.05, 0) is 29.9 Å². The van der Waals surface area contributed by atoms with E-state index in [9.17, 15) is 19.5 Å². The molecular formula is C14H16N2O4S. The van der Waals surface area contributed by atoms with Crippen LogP contribution in [0.4, 0.5) is 0 Å². The maximum Gasteiger partial charge on any atom is 0.331 e. The predicted molar refractivity (Wildman–Crippen MR) is 75.8 cm³/mol. The highest BCUT2D eigenvalue weighted by molar-refractivity contribution is 7.10. The first-order valence-corrected chi connectivity index (χ1v) is 7.82. The molecule has 112 valence electrons. The zero-order valence-corrected chi connectivity index (χ0v) is 12.2. The third-order valence-corrected chi connectivity index (χ3v) is 5.09. The van der Waals surface area contributed by atoms with Crippen LogP contribution >= 0.6 is 11.3 Å². The van der Waals surface area contributed by atoms with Crippen LogP contribution in [0.25, 0.3) is 0 Å². The van der Waals surface area contributed by atoms with Crippen molar-refractivity contribution in [2.75, 3.05) is 13.1 Å². The number of carbonyl (C=O) groups is 3. The van der Waals surface area contributed by atoms with Crippen molar-refractivity contribution < 1.29 is 19.5 Å². The smallest absolute Gasteiger partial charge is 0.331 e. The minimum atomic E-state index is -0.998. The van der Waals surface area contributed by atoms with Crippen molar-refractivity contribution in [3.8, 4) is 0 Å². The molecule has 2 atom stereocenters. The third kappa shape index (κ3) is 2.53. The van der Waals surface area contributed by atoms with Gasteiger partial charge in [0.25, 0.3) is 0 Å². The number of thiophene rings is 1. The van der Waals surface area contributed by atoms with Crippen LogP contribution in [0.2, 0.25) is 0 Å². The molecule has 0 aromatic carbocycles. The summed E-state index contributed by atoms with van der Waals surface area (Å²) in [5.74, 6) is -1.53. The first kappa shape index (κ1) is 14.1. The fourth-order valence-electron chi connectivity index (χ4n) is 3.00. The minimum Gasteiger partial charge on any atom is -0.479 e. The van der Waals surface area contributed by atoms with E-state index in [4.69, 9.17) is 0 Å². The van der Waals surface area contributed by atoms with Crippen LogP contribution in [-0.2, 0) is 20.8 Å². The number of rotatable bonds is 2. The number of nitrogens with zero attached hydrogens (tertiary/aromatic N) is 1. The van der Waals surface area contributed by atoms with Crippen molar-refractivity contribution in [1.29, 1.82) is 0 Å². The highest BCUT2D eigenvalue weighted by Crippen LogP contribution is 2.34. The van der Waals surface area contributed by atoms with E-state index in [1.807, 2.05) is 5.38 Å². The van der Waals surface area contributed by atoms with Gasteiger partial charge in [0, 0.05) is 24.4 Å². The standard InChI is InChI=1S/C14H16N2O4S/c17-11-2-1-8(7-15-11)13(18)16-5-3-10-9(4-6-21-10)12(16)14(19)20/h4,6,8,12H,1-3,5,7H2,(H,15,17)(H,19,20). The second-order valence-corrected chi connectivity index (χ2v) is 6.36. The summed E-state index contributed by atoms with van der Waals surface area (Å²) in [5, 5.41) is 14.1. The van der Waals surface area contributed by atoms with Crippen LogP contribution in [0.15, 0.2) is 11.4 Å². The van der Waals surface area contributed by atoms with Gasteiger partial charge in [-0.3, -0.25) is 9.59 Å². The molecule has 1 aromatic rings. The van der Waals surface area contributed by atoms with Gasteiger partial charge in [0.05, 0.1) is 5.92 Å². The molecule has 2 amide bonds. The average Bonchev–Trinajstić information content (AvgIpc) is 2.94. The Kier molecular flexibility index (Phi) is 3.67.